The van der Waals surface area contributed by atoms with Crippen molar-refractivity contribution in [2.24, 2.45) is 0 Å². The fourth-order valence-electron chi connectivity index (χ4n) is 3.64. The summed E-state index contributed by atoms with van der Waals surface area (Å²) in [6, 6.07) is 18.3. The molecule has 0 saturated carbocycles. The first-order chi connectivity index (χ1) is 14.8. The van der Waals surface area contributed by atoms with Gasteiger partial charge in [0.1, 0.15) is 22.9 Å². The second kappa shape index (κ2) is 8.10. The average molecular weight is 442 g/mol. The van der Waals surface area contributed by atoms with Crippen LogP contribution in [0, 0.1) is 5.82 Å². The molecule has 0 spiro atoms. The first-order valence-electron chi connectivity index (χ1n) is 9.40. The molecule has 0 aromatic heterocycles. The van der Waals surface area contributed by atoms with E-state index >= 15 is 0 Å². The molecular formula is C22H19FN2O5S. The van der Waals surface area contributed by atoms with E-state index in [2.05, 4.69) is 4.72 Å². The van der Waals surface area contributed by atoms with Crippen LogP contribution < -0.4 is 14.9 Å². The van der Waals surface area contributed by atoms with E-state index in [4.69, 9.17) is 4.74 Å². The molecular weight excluding hydrogens is 423 g/mol. The lowest BCUT2D eigenvalue weighted by Crippen LogP contribution is -2.59. The highest BCUT2D eigenvalue weighted by Crippen LogP contribution is 2.32. The predicted octanol–water partition coefficient (Wildman–Crippen LogP) is 2.94. The number of hydrogen-bond acceptors (Lipinski definition) is 5. The van der Waals surface area contributed by atoms with E-state index in [-0.39, 0.29) is 17.7 Å². The molecule has 3 aromatic carbocycles. The molecule has 0 atom stereocenters. The zero-order valence-electron chi connectivity index (χ0n) is 16.2. The molecule has 0 heterocycles. The van der Waals surface area contributed by atoms with Gasteiger partial charge in [-0.25, -0.2) is 18.3 Å². The zero-order chi connectivity index (χ0) is 22.1. The van der Waals surface area contributed by atoms with E-state index in [1.807, 2.05) is 12.1 Å². The van der Waals surface area contributed by atoms with Gasteiger partial charge in [0.2, 0.25) is 10.0 Å². The van der Waals surface area contributed by atoms with Crippen molar-refractivity contribution in [2.75, 3.05) is 0 Å². The van der Waals surface area contributed by atoms with Crippen molar-refractivity contribution >= 4 is 15.9 Å². The number of hydroxylamine groups is 1. The van der Waals surface area contributed by atoms with Gasteiger partial charge in [0.15, 0.2) is 0 Å². The second-order valence-electron chi connectivity index (χ2n) is 7.28. The van der Waals surface area contributed by atoms with E-state index < -0.39 is 27.3 Å². The summed E-state index contributed by atoms with van der Waals surface area (Å²) in [4.78, 5) is 12.4. The van der Waals surface area contributed by atoms with Crippen molar-refractivity contribution in [3.05, 3.63) is 89.7 Å². The van der Waals surface area contributed by atoms with E-state index in [9.17, 15) is 22.8 Å². The maximum Gasteiger partial charge on any atom is 0.265 e. The molecule has 31 heavy (non-hydrogen) atoms. The molecule has 3 N–H and O–H groups in total. The summed E-state index contributed by atoms with van der Waals surface area (Å²) in [5.41, 5.74) is 1.70. The third-order valence-corrected chi connectivity index (χ3v) is 6.70. The number of ether oxygens (including phenoxy) is 1. The molecule has 3 aromatic rings. The van der Waals surface area contributed by atoms with Crippen LogP contribution in [0.4, 0.5) is 4.39 Å². The number of carbonyl (C=O) groups is 1. The zero-order valence-corrected chi connectivity index (χ0v) is 17.0. The van der Waals surface area contributed by atoms with Crippen LogP contribution in [0.5, 0.6) is 11.5 Å². The number of hydrogen-bond donors (Lipinski definition) is 3. The highest BCUT2D eigenvalue weighted by atomic mass is 32.2. The molecule has 7 nitrogen and oxygen atoms in total. The molecule has 0 bridgehead atoms. The Morgan fingerprint density at radius 2 is 1.42 bits per heavy atom. The summed E-state index contributed by atoms with van der Waals surface area (Å²) >= 11 is 0. The molecule has 1 aliphatic rings. The van der Waals surface area contributed by atoms with Crippen molar-refractivity contribution in [3.63, 3.8) is 0 Å². The van der Waals surface area contributed by atoms with Gasteiger partial charge in [0, 0.05) is 12.8 Å². The monoisotopic (exact) mass is 442 g/mol. The van der Waals surface area contributed by atoms with E-state index in [0.717, 1.165) is 11.1 Å². The highest BCUT2D eigenvalue weighted by Gasteiger charge is 2.46. The Morgan fingerprint density at radius 1 is 0.903 bits per heavy atom. The average Bonchev–Trinajstić information content (AvgIpc) is 3.13. The molecule has 9 heteroatoms. The highest BCUT2D eigenvalue weighted by molar-refractivity contribution is 7.89. The van der Waals surface area contributed by atoms with Gasteiger partial charge in [-0.1, -0.05) is 24.3 Å². The molecule has 4 rings (SSSR count). The van der Waals surface area contributed by atoms with Crippen molar-refractivity contribution in [3.8, 4) is 11.5 Å². The number of rotatable bonds is 6. The number of fused-ring (bicyclic) bond motifs is 1. The Balaban J connectivity index is 1.56. The summed E-state index contributed by atoms with van der Waals surface area (Å²) in [6.07, 6.45) is 0.223. The van der Waals surface area contributed by atoms with Gasteiger partial charge in [-0.05, 0) is 59.7 Å². The first kappa shape index (κ1) is 21.0. The predicted molar refractivity (Wildman–Crippen MR) is 110 cm³/mol. The standard InChI is InChI=1S/C22H19FN2O5S/c23-17-5-7-18(8-6-17)30-19-9-11-20(12-10-19)31(28,29)25-22(21(26)24-27)13-15-3-1-2-4-16(15)14-22/h1-12,25,27H,13-14H2,(H,24,26). The summed E-state index contributed by atoms with van der Waals surface area (Å²) in [7, 11) is -4.10. The van der Waals surface area contributed by atoms with E-state index in [0.29, 0.717) is 11.5 Å². The van der Waals surface area contributed by atoms with Crippen LogP contribution in [0.3, 0.4) is 0 Å². The molecule has 0 radical (unpaired) electrons. The Hall–Kier alpha value is -3.27. The molecule has 0 fully saturated rings. The summed E-state index contributed by atoms with van der Waals surface area (Å²) < 4.78 is 47.1. The van der Waals surface area contributed by atoms with Crippen molar-refractivity contribution in [1.29, 1.82) is 0 Å². The number of nitrogens with one attached hydrogen (secondary N) is 2. The minimum absolute atomic E-state index is 0.0694. The smallest absolute Gasteiger partial charge is 0.265 e. The number of benzene rings is 3. The number of halogens is 1. The number of amides is 1. The van der Waals surface area contributed by atoms with Gasteiger partial charge in [0.05, 0.1) is 4.90 Å². The van der Waals surface area contributed by atoms with Crippen LogP contribution in [0.1, 0.15) is 11.1 Å². The Kier molecular flexibility index (Phi) is 5.48. The van der Waals surface area contributed by atoms with Crippen LogP contribution in [0.15, 0.2) is 77.7 Å². The third-order valence-electron chi connectivity index (χ3n) is 5.15. The van der Waals surface area contributed by atoms with Crippen LogP contribution in [0.2, 0.25) is 0 Å². The third kappa shape index (κ3) is 4.29. The topological polar surface area (TPSA) is 105 Å². The fraction of sp³-hybridized carbons (Fsp3) is 0.136. The van der Waals surface area contributed by atoms with Gasteiger partial charge in [-0.3, -0.25) is 10.0 Å². The van der Waals surface area contributed by atoms with Crippen molar-refractivity contribution in [1.82, 2.24) is 10.2 Å². The van der Waals surface area contributed by atoms with Crippen LogP contribution in [0.25, 0.3) is 0 Å². The lowest BCUT2D eigenvalue weighted by Gasteiger charge is -2.27. The molecule has 160 valence electrons. The van der Waals surface area contributed by atoms with Crippen molar-refractivity contribution < 1.29 is 27.5 Å². The molecule has 1 amide bonds. The largest absolute Gasteiger partial charge is 0.457 e. The molecule has 0 aliphatic heterocycles. The van der Waals surface area contributed by atoms with Gasteiger partial charge in [-0.15, -0.1) is 0 Å². The number of sulfonamides is 1. The fourth-order valence-corrected chi connectivity index (χ4v) is 5.01. The maximum atomic E-state index is 13.0. The van der Waals surface area contributed by atoms with Gasteiger partial charge >= 0.3 is 0 Å². The molecule has 1 aliphatic carbocycles. The summed E-state index contributed by atoms with van der Waals surface area (Å²) in [5.74, 6) is -0.461. The van der Waals surface area contributed by atoms with Gasteiger partial charge in [-0.2, -0.15) is 4.72 Å². The van der Waals surface area contributed by atoms with Gasteiger partial charge in [0.25, 0.3) is 5.91 Å². The second-order valence-corrected chi connectivity index (χ2v) is 8.96. The minimum atomic E-state index is -4.10. The minimum Gasteiger partial charge on any atom is -0.457 e. The summed E-state index contributed by atoms with van der Waals surface area (Å²) in [6.45, 7) is 0. The number of carbonyl (C=O) groups excluding carboxylic acids is 1. The van der Waals surface area contributed by atoms with Crippen LogP contribution in [-0.2, 0) is 27.7 Å². The molecule has 0 unspecified atom stereocenters. The normalized spacial score (nSPS) is 14.6. The quantitative estimate of drug-likeness (QED) is 0.402. The van der Waals surface area contributed by atoms with Gasteiger partial charge < -0.3 is 4.74 Å². The first-order valence-corrected chi connectivity index (χ1v) is 10.9. The van der Waals surface area contributed by atoms with Crippen molar-refractivity contribution in [2.45, 2.75) is 23.3 Å². The Labute approximate surface area is 178 Å². The lowest BCUT2D eigenvalue weighted by atomic mass is 9.96. The molecule has 0 saturated heterocycles. The maximum absolute atomic E-state index is 13.0. The van der Waals surface area contributed by atoms with Crippen LogP contribution >= 0.6 is 0 Å². The Morgan fingerprint density at radius 3 is 1.94 bits per heavy atom. The van der Waals surface area contributed by atoms with Crippen LogP contribution in [-0.4, -0.2) is 25.1 Å². The lowest BCUT2D eigenvalue weighted by molar-refractivity contribution is -0.135. The Bertz CT molecular complexity index is 1190. The summed E-state index contributed by atoms with van der Waals surface area (Å²) in [5, 5.41) is 9.23. The SMILES string of the molecule is O=C(NO)C1(NS(=O)(=O)c2ccc(Oc3ccc(F)cc3)cc2)Cc2ccccc2C1. The van der Waals surface area contributed by atoms with E-state index in [1.54, 1.807) is 17.6 Å². The van der Waals surface area contributed by atoms with E-state index in [1.165, 1.54) is 48.5 Å².